The third-order valence-electron chi connectivity index (χ3n) is 4.27. The van der Waals surface area contributed by atoms with Crippen molar-refractivity contribution in [2.75, 3.05) is 18.4 Å². The fourth-order valence-electron chi connectivity index (χ4n) is 2.90. The fraction of sp³-hybridized carbons (Fsp3) is 0.667. The third kappa shape index (κ3) is 3.30. The molecule has 7 heteroatoms. The molecule has 1 aromatic heterocycles. The van der Waals surface area contributed by atoms with Crippen LogP contribution in [0, 0.1) is 0 Å². The van der Waals surface area contributed by atoms with Gasteiger partial charge < -0.3 is 15.3 Å². The lowest BCUT2D eigenvalue weighted by molar-refractivity contribution is -0.141. The van der Waals surface area contributed by atoms with Crippen LogP contribution in [-0.4, -0.2) is 50.8 Å². The van der Waals surface area contributed by atoms with Gasteiger partial charge in [-0.3, -0.25) is 14.3 Å². The first-order valence-corrected chi connectivity index (χ1v) is 7.85. The van der Waals surface area contributed by atoms with E-state index in [2.05, 4.69) is 10.4 Å². The molecule has 0 radical (unpaired) electrons. The number of aliphatic hydroxyl groups excluding tert-OH is 1. The van der Waals surface area contributed by atoms with Crippen LogP contribution < -0.4 is 5.32 Å². The molecule has 1 saturated heterocycles. The summed E-state index contributed by atoms with van der Waals surface area (Å²) in [6.45, 7) is 0.476. The first-order chi connectivity index (χ1) is 10.5. The number of aliphatic hydroxyl groups is 1. The minimum atomic E-state index is -0.980. The lowest BCUT2D eigenvalue weighted by atomic mass is 10.2. The van der Waals surface area contributed by atoms with Crippen LogP contribution in [-0.2, 0) is 16.6 Å². The van der Waals surface area contributed by atoms with E-state index in [0.29, 0.717) is 24.7 Å². The Morgan fingerprint density at radius 2 is 2.18 bits per heavy atom. The SMILES string of the molecule is Cn1nc(NC(=O)CN2CCCCC(O)C2=O)cc1C1CC1. The molecule has 0 bridgehead atoms. The van der Waals surface area contributed by atoms with Gasteiger partial charge in [0.1, 0.15) is 6.10 Å². The number of nitrogens with one attached hydrogen (secondary N) is 1. The number of carbonyl (C=O) groups excluding carboxylic acids is 2. The third-order valence-corrected chi connectivity index (χ3v) is 4.27. The first kappa shape index (κ1) is 15.0. The molecule has 3 rings (SSSR count). The number of hydrogen-bond donors (Lipinski definition) is 2. The molecule has 1 aromatic rings. The molecule has 22 heavy (non-hydrogen) atoms. The Kier molecular flexibility index (Phi) is 4.15. The molecular formula is C15H22N4O3. The van der Waals surface area contributed by atoms with E-state index in [1.807, 2.05) is 13.1 Å². The number of rotatable bonds is 4. The van der Waals surface area contributed by atoms with Crippen molar-refractivity contribution < 1.29 is 14.7 Å². The summed E-state index contributed by atoms with van der Waals surface area (Å²) in [6.07, 6.45) is 3.45. The zero-order valence-electron chi connectivity index (χ0n) is 12.8. The van der Waals surface area contributed by atoms with Gasteiger partial charge >= 0.3 is 0 Å². The van der Waals surface area contributed by atoms with E-state index in [4.69, 9.17) is 0 Å². The highest BCUT2D eigenvalue weighted by molar-refractivity contribution is 5.94. The summed E-state index contributed by atoms with van der Waals surface area (Å²) < 4.78 is 1.80. The molecule has 2 fully saturated rings. The van der Waals surface area contributed by atoms with Crippen LogP contribution in [0.25, 0.3) is 0 Å². The summed E-state index contributed by atoms with van der Waals surface area (Å²) in [5.74, 6) is 0.456. The van der Waals surface area contributed by atoms with E-state index in [9.17, 15) is 14.7 Å². The highest BCUT2D eigenvalue weighted by atomic mass is 16.3. The summed E-state index contributed by atoms with van der Waals surface area (Å²) in [5, 5.41) is 16.7. The molecule has 1 atom stereocenters. The first-order valence-electron chi connectivity index (χ1n) is 7.85. The Hall–Kier alpha value is -1.89. The van der Waals surface area contributed by atoms with Gasteiger partial charge in [-0.05, 0) is 32.1 Å². The number of aryl methyl sites for hydroxylation is 1. The molecule has 1 aliphatic heterocycles. The highest BCUT2D eigenvalue weighted by Gasteiger charge is 2.28. The molecule has 2 N–H and O–H groups in total. The molecule has 120 valence electrons. The molecular weight excluding hydrogens is 284 g/mol. The summed E-state index contributed by atoms with van der Waals surface area (Å²) >= 11 is 0. The molecule has 0 spiro atoms. The van der Waals surface area contributed by atoms with Crippen LogP contribution in [0.4, 0.5) is 5.82 Å². The van der Waals surface area contributed by atoms with Crippen molar-refractivity contribution in [2.45, 2.75) is 44.1 Å². The minimum absolute atomic E-state index is 0.0365. The maximum Gasteiger partial charge on any atom is 0.251 e. The van der Waals surface area contributed by atoms with Crippen LogP contribution in [0.1, 0.15) is 43.7 Å². The Labute approximate surface area is 129 Å². The van der Waals surface area contributed by atoms with Crippen molar-refractivity contribution >= 4 is 17.6 Å². The van der Waals surface area contributed by atoms with E-state index in [0.717, 1.165) is 18.5 Å². The van der Waals surface area contributed by atoms with Crippen molar-refractivity contribution in [1.29, 1.82) is 0 Å². The number of anilines is 1. The monoisotopic (exact) mass is 306 g/mol. The van der Waals surface area contributed by atoms with Crippen molar-refractivity contribution in [3.05, 3.63) is 11.8 Å². The van der Waals surface area contributed by atoms with E-state index >= 15 is 0 Å². The maximum atomic E-state index is 12.1. The molecule has 1 saturated carbocycles. The number of nitrogens with zero attached hydrogens (tertiary/aromatic N) is 3. The normalized spacial score (nSPS) is 22.5. The van der Waals surface area contributed by atoms with Crippen LogP contribution in [0.5, 0.6) is 0 Å². The number of amides is 2. The van der Waals surface area contributed by atoms with E-state index in [1.54, 1.807) is 4.68 Å². The predicted molar refractivity (Wildman–Crippen MR) is 80.3 cm³/mol. The van der Waals surface area contributed by atoms with Gasteiger partial charge in [-0.15, -0.1) is 0 Å². The molecule has 1 aliphatic carbocycles. The molecule has 2 heterocycles. The van der Waals surface area contributed by atoms with E-state index in [-0.39, 0.29) is 18.4 Å². The largest absolute Gasteiger partial charge is 0.383 e. The average molecular weight is 306 g/mol. The number of aromatic nitrogens is 2. The standard InChI is InChI=1S/C15H22N4O3/c1-18-11(10-5-6-10)8-13(17-18)16-14(21)9-19-7-3-2-4-12(20)15(19)22/h8,10,12,20H,2-7,9H2,1H3,(H,16,17,21). The second-order valence-electron chi connectivity index (χ2n) is 6.17. The fourth-order valence-corrected chi connectivity index (χ4v) is 2.90. The number of hydrogen-bond acceptors (Lipinski definition) is 4. The van der Waals surface area contributed by atoms with E-state index in [1.165, 1.54) is 17.7 Å². The van der Waals surface area contributed by atoms with Crippen LogP contribution in [0.15, 0.2) is 6.07 Å². The second kappa shape index (κ2) is 6.08. The van der Waals surface area contributed by atoms with Gasteiger partial charge in [0.25, 0.3) is 5.91 Å². The predicted octanol–water partition coefficient (Wildman–Crippen LogP) is 0.609. The van der Waals surface area contributed by atoms with Gasteiger partial charge in [0, 0.05) is 31.3 Å². The summed E-state index contributed by atoms with van der Waals surface area (Å²) in [6, 6.07) is 1.90. The van der Waals surface area contributed by atoms with Gasteiger partial charge in [-0.1, -0.05) is 0 Å². The quantitative estimate of drug-likeness (QED) is 0.853. The summed E-state index contributed by atoms with van der Waals surface area (Å²) in [5.41, 5.74) is 1.14. The van der Waals surface area contributed by atoms with Gasteiger partial charge in [0.15, 0.2) is 5.82 Å². The molecule has 0 aromatic carbocycles. The minimum Gasteiger partial charge on any atom is -0.383 e. The molecule has 2 amide bonds. The molecule has 2 aliphatic rings. The van der Waals surface area contributed by atoms with Crippen LogP contribution in [0.3, 0.4) is 0 Å². The van der Waals surface area contributed by atoms with Crippen molar-refractivity contribution in [3.8, 4) is 0 Å². The lowest BCUT2D eigenvalue weighted by Crippen LogP contribution is -2.42. The van der Waals surface area contributed by atoms with Gasteiger partial charge in [-0.2, -0.15) is 5.10 Å². The number of likely N-dealkylation sites (tertiary alicyclic amines) is 1. The van der Waals surface area contributed by atoms with Crippen LogP contribution >= 0.6 is 0 Å². The van der Waals surface area contributed by atoms with Crippen LogP contribution in [0.2, 0.25) is 0 Å². The summed E-state index contributed by atoms with van der Waals surface area (Å²) in [7, 11) is 1.87. The summed E-state index contributed by atoms with van der Waals surface area (Å²) in [4.78, 5) is 25.5. The second-order valence-corrected chi connectivity index (χ2v) is 6.17. The number of carbonyl (C=O) groups is 2. The highest BCUT2D eigenvalue weighted by Crippen LogP contribution is 2.40. The smallest absolute Gasteiger partial charge is 0.251 e. The van der Waals surface area contributed by atoms with Crippen molar-refractivity contribution in [2.24, 2.45) is 7.05 Å². The molecule has 7 nitrogen and oxygen atoms in total. The Morgan fingerprint density at radius 1 is 1.41 bits per heavy atom. The maximum absolute atomic E-state index is 12.1. The Morgan fingerprint density at radius 3 is 2.91 bits per heavy atom. The zero-order valence-corrected chi connectivity index (χ0v) is 12.8. The Balaban J connectivity index is 1.59. The average Bonchev–Trinajstić information content (AvgIpc) is 3.26. The van der Waals surface area contributed by atoms with Gasteiger partial charge in [0.2, 0.25) is 5.91 Å². The topological polar surface area (TPSA) is 87.5 Å². The van der Waals surface area contributed by atoms with Gasteiger partial charge in [0.05, 0.1) is 6.54 Å². The zero-order chi connectivity index (χ0) is 15.7. The lowest BCUT2D eigenvalue weighted by Gasteiger charge is -2.21. The van der Waals surface area contributed by atoms with Gasteiger partial charge in [-0.25, -0.2) is 0 Å². The van der Waals surface area contributed by atoms with Crippen molar-refractivity contribution in [3.63, 3.8) is 0 Å². The Bertz CT molecular complexity index is 579. The molecule has 1 unspecified atom stereocenters. The van der Waals surface area contributed by atoms with Crippen molar-refractivity contribution in [1.82, 2.24) is 14.7 Å². The van der Waals surface area contributed by atoms with E-state index < -0.39 is 6.10 Å².